The highest BCUT2D eigenvalue weighted by Crippen LogP contribution is 2.36. The second-order valence-corrected chi connectivity index (χ2v) is 8.50. The number of amides is 1. The van der Waals surface area contributed by atoms with Crippen molar-refractivity contribution < 1.29 is 18.0 Å². The van der Waals surface area contributed by atoms with Gasteiger partial charge < -0.3 is 5.32 Å². The standard InChI is InChI=1S/C18H17F3N4OS2/c19-18(20,21)16-12-5-1-2-6-14(12)25(24-16)9-15-23-13(10-28-15)17(26)22-8-11-4-3-7-27-11/h3-4,7,10H,1-2,5-6,8-9H2,(H,22,26). The molecule has 5 nitrogen and oxygen atoms in total. The van der Waals surface area contributed by atoms with E-state index in [4.69, 9.17) is 0 Å². The number of thiophene rings is 1. The van der Waals surface area contributed by atoms with Crippen LogP contribution < -0.4 is 5.32 Å². The lowest BCUT2D eigenvalue weighted by atomic mass is 9.95. The highest BCUT2D eigenvalue weighted by Gasteiger charge is 2.39. The number of nitrogens with zero attached hydrogens (tertiary/aromatic N) is 3. The zero-order chi connectivity index (χ0) is 19.7. The summed E-state index contributed by atoms with van der Waals surface area (Å²) in [4.78, 5) is 17.6. The van der Waals surface area contributed by atoms with Gasteiger partial charge in [-0.15, -0.1) is 22.7 Å². The number of hydrogen-bond acceptors (Lipinski definition) is 5. The number of rotatable bonds is 5. The number of alkyl halides is 3. The maximum atomic E-state index is 13.3. The summed E-state index contributed by atoms with van der Waals surface area (Å²) >= 11 is 2.80. The molecule has 4 rings (SSSR count). The lowest BCUT2D eigenvalue weighted by Crippen LogP contribution is -2.22. The van der Waals surface area contributed by atoms with Crippen LogP contribution in [0.3, 0.4) is 0 Å². The number of nitrogens with one attached hydrogen (secondary N) is 1. The number of thiazole rings is 1. The first-order chi connectivity index (χ1) is 13.4. The molecule has 1 amide bonds. The van der Waals surface area contributed by atoms with E-state index < -0.39 is 11.9 Å². The van der Waals surface area contributed by atoms with Crippen LogP contribution in [0.2, 0.25) is 0 Å². The number of hydrogen-bond donors (Lipinski definition) is 1. The van der Waals surface area contributed by atoms with Gasteiger partial charge in [0.1, 0.15) is 10.7 Å². The zero-order valence-corrected chi connectivity index (χ0v) is 16.4. The molecule has 148 valence electrons. The monoisotopic (exact) mass is 426 g/mol. The van der Waals surface area contributed by atoms with Crippen LogP contribution >= 0.6 is 22.7 Å². The van der Waals surface area contributed by atoms with E-state index in [2.05, 4.69) is 15.4 Å². The lowest BCUT2D eigenvalue weighted by molar-refractivity contribution is -0.142. The van der Waals surface area contributed by atoms with E-state index in [0.29, 0.717) is 35.7 Å². The van der Waals surface area contributed by atoms with Crippen LogP contribution in [0.25, 0.3) is 0 Å². The molecular weight excluding hydrogens is 409 g/mol. The van der Waals surface area contributed by atoms with Crippen molar-refractivity contribution in [2.24, 2.45) is 0 Å². The van der Waals surface area contributed by atoms with Gasteiger partial charge in [-0.1, -0.05) is 6.07 Å². The Labute approximate surface area is 167 Å². The molecule has 3 aromatic heterocycles. The van der Waals surface area contributed by atoms with Crippen molar-refractivity contribution >= 4 is 28.6 Å². The Morgan fingerprint density at radius 1 is 1.25 bits per heavy atom. The molecule has 1 aliphatic rings. The number of halogens is 3. The average Bonchev–Trinajstić information content (AvgIpc) is 3.40. The van der Waals surface area contributed by atoms with Crippen molar-refractivity contribution in [2.75, 3.05) is 0 Å². The third kappa shape index (κ3) is 3.97. The van der Waals surface area contributed by atoms with Crippen LogP contribution in [0.1, 0.15) is 50.2 Å². The average molecular weight is 426 g/mol. The predicted octanol–water partition coefficient (Wildman–Crippen LogP) is 4.28. The van der Waals surface area contributed by atoms with E-state index in [-0.39, 0.29) is 18.1 Å². The van der Waals surface area contributed by atoms with Gasteiger partial charge in [-0.25, -0.2) is 4.98 Å². The minimum atomic E-state index is -4.46. The van der Waals surface area contributed by atoms with E-state index in [9.17, 15) is 18.0 Å². The summed E-state index contributed by atoms with van der Waals surface area (Å²) in [5.74, 6) is -0.297. The summed E-state index contributed by atoms with van der Waals surface area (Å²) < 4.78 is 41.3. The van der Waals surface area contributed by atoms with Crippen molar-refractivity contribution in [3.05, 3.63) is 55.4 Å². The molecule has 10 heteroatoms. The molecule has 0 atom stereocenters. The Balaban J connectivity index is 1.49. The Morgan fingerprint density at radius 3 is 2.82 bits per heavy atom. The summed E-state index contributed by atoms with van der Waals surface area (Å²) in [6, 6.07) is 3.84. The van der Waals surface area contributed by atoms with E-state index in [0.717, 1.165) is 17.7 Å². The smallest absolute Gasteiger partial charge is 0.346 e. The molecule has 1 aliphatic carbocycles. The Morgan fingerprint density at radius 2 is 2.07 bits per heavy atom. The Kier molecular flexibility index (Phi) is 5.24. The first-order valence-electron chi connectivity index (χ1n) is 8.82. The second-order valence-electron chi connectivity index (χ2n) is 6.52. The van der Waals surface area contributed by atoms with Crippen LogP contribution in [0, 0.1) is 0 Å². The third-order valence-corrected chi connectivity index (χ3v) is 6.31. The van der Waals surface area contributed by atoms with Crippen LogP contribution in [-0.2, 0) is 32.1 Å². The van der Waals surface area contributed by atoms with E-state index in [1.807, 2.05) is 17.5 Å². The lowest BCUT2D eigenvalue weighted by Gasteiger charge is -2.14. The molecule has 0 aliphatic heterocycles. The van der Waals surface area contributed by atoms with Gasteiger partial charge >= 0.3 is 6.18 Å². The molecule has 0 saturated heterocycles. The Hall–Kier alpha value is -2.20. The quantitative estimate of drug-likeness (QED) is 0.663. The molecule has 28 heavy (non-hydrogen) atoms. The van der Waals surface area contributed by atoms with Crippen molar-refractivity contribution in [1.29, 1.82) is 0 Å². The molecule has 0 fully saturated rings. The van der Waals surface area contributed by atoms with E-state index in [1.165, 1.54) is 16.0 Å². The molecule has 0 unspecified atom stereocenters. The molecular formula is C18H17F3N4OS2. The predicted molar refractivity (Wildman–Crippen MR) is 101 cm³/mol. The largest absolute Gasteiger partial charge is 0.435 e. The molecule has 1 N–H and O–H groups in total. The third-order valence-electron chi connectivity index (χ3n) is 4.60. The van der Waals surface area contributed by atoms with Crippen molar-refractivity contribution in [3.8, 4) is 0 Å². The van der Waals surface area contributed by atoms with Gasteiger partial charge in [0.2, 0.25) is 0 Å². The fourth-order valence-corrected chi connectivity index (χ4v) is 4.72. The Bertz CT molecular complexity index is 976. The first kappa shape index (κ1) is 19.1. The number of carbonyl (C=O) groups is 1. The number of aromatic nitrogens is 3. The van der Waals surface area contributed by atoms with E-state index in [1.54, 1.807) is 16.7 Å². The fourth-order valence-electron chi connectivity index (χ4n) is 3.32. The highest BCUT2D eigenvalue weighted by molar-refractivity contribution is 7.10. The van der Waals surface area contributed by atoms with Gasteiger partial charge in [0.25, 0.3) is 5.91 Å². The molecule has 0 saturated carbocycles. The minimum absolute atomic E-state index is 0.140. The maximum absolute atomic E-state index is 13.3. The molecule has 0 bridgehead atoms. The summed E-state index contributed by atoms with van der Waals surface area (Å²) in [6.45, 7) is 0.562. The van der Waals surface area contributed by atoms with Crippen molar-refractivity contribution in [1.82, 2.24) is 20.1 Å². The zero-order valence-electron chi connectivity index (χ0n) is 14.8. The van der Waals surface area contributed by atoms with Gasteiger partial charge in [0.05, 0.1) is 13.1 Å². The molecule has 0 aromatic carbocycles. The molecule has 0 spiro atoms. The summed E-state index contributed by atoms with van der Waals surface area (Å²) in [5.41, 5.74) is 0.433. The van der Waals surface area contributed by atoms with Crippen molar-refractivity contribution in [2.45, 2.75) is 44.9 Å². The topological polar surface area (TPSA) is 59.8 Å². The first-order valence-corrected chi connectivity index (χ1v) is 10.6. The fraction of sp³-hybridized carbons (Fsp3) is 0.389. The van der Waals surface area contributed by atoms with Crippen LogP contribution in [-0.4, -0.2) is 20.7 Å². The van der Waals surface area contributed by atoms with E-state index >= 15 is 0 Å². The van der Waals surface area contributed by atoms with Crippen LogP contribution in [0.5, 0.6) is 0 Å². The highest BCUT2D eigenvalue weighted by atomic mass is 32.1. The summed E-state index contributed by atoms with van der Waals surface area (Å²) in [6.07, 6.45) is -1.88. The van der Waals surface area contributed by atoms with Crippen LogP contribution in [0.4, 0.5) is 13.2 Å². The van der Waals surface area contributed by atoms with Gasteiger partial charge in [0.15, 0.2) is 5.69 Å². The molecule has 3 aromatic rings. The van der Waals surface area contributed by atoms with Gasteiger partial charge in [-0.2, -0.15) is 18.3 Å². The molecule has 0 radical (unpaired) electrons. The SMILES string of the molecule is O=C(NCc1cccs1)c1csc(Cn2nc(C(F)(F)F)c3c2CCCC3)n1. The summed E-state index contributed by atoms with van der Waals surface area (Å²) in [5, 5.41) is 10.8. The number of fused-ring (bicyclic) bond motifs is 1. The molecule has 3 heterocycles. The number of carbonyl (C=O) groups excluding carboxylic acids is 1. The van der Waals surface area contributed by atoms with Gasteiger partial charge in [0, 0.05) is 21.5 Å². The normalized spacial score (nSPS) is 14.1. The second kappa shape index (κ2) is 7.67. The van der Waals surface area contributed by atoms with Gasteiger partial charge in [-0.05, 0) is 37.1 Å². The minimum Gasteiger partial charge on any atom is -0.346 e. The van der Waals surface area contributed by atoms with Crippen LogP contribution in [0.15, 0.2) is 22.9 Å². The van der Waals surface area contributed by atoms with Crippen molar-refractivity contribution in [3.63, 3.8) is 0 Å². The summed E-state index contributed by atoms with van der Waals surface area (Å²) in [7, 11) is 0. The van der Waals surface area contributed by atoms with Gasteiger partial charge in [-0.3, -0.25) is 9.48 Å². The maximum Gasteiger partial charge on any atom is 0.435 e.